The SMILES string of the molecule is C/C=C/c1ccc(OCc2nnc(-c3ccc(OC)cc3)o2)c(OC)c1. The van der Waals surface area contributed by atoms with Crippen molar-refractivity contribution in [2.45, 2.75) is 13.5 Å². The number of allylic oxidation sites excluding steroid dienone is 1. The highest BCUT2D eigenvalue weighted by Gasteiger charge is 2.11. The second kappa shape index (κ2) is 8.20. The van der Waals surface area contributed by atoms with E-state index in [1.807, 2.05) is 61.5 Å². The second-order valence-electron chi connectivity index (χ2n) is 5.43. The summed E-state index contributed by atoms with van der Waals surface area (Å²) in [4.78, 5) is 0. The fourth-order valence-electron chi connectivity index (χ4n) is 2.40. The van der Waals surface area contributed by atoms with E-state index in [0.717, 1.165) is 16.9 Å². The summed E-state index contributed by atoms with van der Waals surface area (Å²) in [7, 11) is 3.23. The zero-order valence-electron chi connectivity index (χ0n) is 14.9. The Bertz CT molecular complexity index is 885. The molecule has 134 valence electrons. The number of hydrogen-bond donors (Lipinski definition) is 0. The zero-order chi connectivity index (χ0) is 18.4. The van der Waals surface area contributed by atoms with Crippen LogP contribution < -0.4 is 14.2 Å². The third-order valence-corrected chi connectivity index (χ3v) is 3.70. The van der Waals surface area contributed by atoms with Crippen molar-refractivity contribution in [1.82, 2.24) is 10.2 Å². The van der Waals surface area contributed by atoms with Crippen molar-refractivity contribution < 1.29 is 18.6 Å². The lowest BCUT2D eigenvalue weighted by atomic mass is 10.2. The monoisotopic (exact) mass is 352 g/mol. The van der Waals surface area contributed by atoms with Crippen molar-refractivity contribution in [1.29, 1.82) is 0 Å². The number of hydrogen-bond acceptors (Lipinski definition) is 6. The molecular formula is C20H20N2O4. The Kier molecular flexibility index (Phi) is 5.53. The molecule has 0 bridgehead atoms. The largest absolute Gasteiger partial charge is 0.497 e. The maximum absolute atomic E-state index is 5.77. The lowest BCUT2D eigenvalue weighted by Gasteiger charge is -2.09. The van der Waals surface area contributed by atoms with Crippen LogP contribution in [0, 0.1) is 0 Å². The van der Waals surface area contributed by atoms with Gasteiger partial charge in [-0.15, -0.1) is 10.2 Å². The molecule has 0 saturated heterocycles. The van der Waals surface area contributed by atoms with Crippen LogP contribution >= 0.6 is 0 Å². The second-order valence-corrected chi connectivity index (χ2v) is 5.43. The summed E-state index contributed by atoms with van der Waals surface area (Å²) in [5.41, 5.74) is 1.86. The quantitative estimate of drug-likeness (QED) is 0.629. The van der Waals surface area contributed by atoms with E-state index in [2.05, 4.69) is 10.2 Å². The third kappa shape index (κ3) is 4.03. The van der Waals surface area contributed by atoms with Gasteiger partial charge < -0.3 is 18.6 Å². The van der Waals surface area contributed by atoms with Gasteiger partial charge in [0.1, 0.15) is 5.75 Å². The molecule has 26 heavy (non-hydrogen) atoms. The summed E-state index contributed by atoms with van der Waals surface area (Å²) in [5, 5.41) is 8.09. The molecule has 0 aliphatic carbocycles. The van der Waals surface area contributed by atoms with Crippen LogP contribution in [0.5, 0.6) is 17.2 Å². The molecule has 1 aromatic heterocycles. The summed E-state index contributed by atoms with van der Waals surface area (Å²) >= 11 is 0. The predicted molar refractivity (Wildman–Crippen MR) is 98.3 cm³/mol. The first-order valence-electron chi connectivity index (χ1n) is 8.14. The van der Waals surface area contributed by atoms with Crippen LogP contribution in [-0.4, -0.2) is 24.4 Å². The van der Waals surface area contributed by atoms with Crippen LogP contribution in [0.3, 0.4) is 0 Å². The van der Waals surface area contributed by atoms with Crippen molar-refractivity contribution in [2.24, 2.45) is 0 Å². The summed E-state index contributed by atoms with van der Waals surface area (Å²) < 4.78 is 21.9. The summed E-state index contributed by atoms with van der Waals surface area (Å²) in [5.74, 6) is 2.85. The fourth-order valence-corrected chi connectivity index (χ4v) is 2.40. The lowest BCUT2D eigenvalue weighted by Crippen LogP contribution is -1.98. The van der Waals surface area contributed by atoms with Gasteiger partial charge in [-0.3, -0.25) is 0 Å². The highest BCUT2D eigenvalue weighted by Crippen LogP contribution is 2.29. The Morgan fingerprint density at radius 3 is 2.46 bits per heavy atom. The Morgan fingerprint density at radius 2 is 1.77 bits per heavy atom. The van der Waals surface area contributed by atoms with Gasteiger partial charge in [-0.05, 0) is 48.9 Å². The molecule has 2 aromatic carbocycles. The van der Waals surface area contributed by atoms with E-state index < -0.39 is 0 Å². The molecular weight excluding hydrogens is 332 g/mol. The Hall–Kier alpha value is -3.28. The number of benzene rings is 2. The summed E-state index contributed by atoms with van der Waals surface area (Å²) in [6, 6.07) is 13.1. The van der Waals surface area contributed by atoms with Gasteiger partial charge in [0.05, 0.1) is 14.2 Å². The minimum atomic E-state index is 0.155. The Labute approximate surface area is 152 Å². The van der Waals surface area contributed by atoms with Gasteiger partial charge in [0.15, 0.2) is 18.1 Å². The molecule has 0 aliphatic rings. The maximum atomic E-state index is 5.77. The van der Waals surface area contributed by atoms with Crippen LogP contribution in [0.15, 0.2) is 53.0 Å². The van der Waals surface area contributed by atoms with Crippen LogP contribution in [0.25, 0.3) is 17.5 Å². The van der Waals surface area contributed by atoms with Gasteiger partial charge in [0.25, 0.3) is 5.89 Å². The van der Waals surface area contributed by atoms with Crippen LogP contribution in [-0.2, 0) is 6.61 Å². The fraction of sp³-hybridized carbons (Fsp3) is 0.200. The molecule has 0 aliphatic heterocycles. The molecule has 6 heteroatoms. The van der Waals surface area contributed by atoms with Crippen LogP contribution in [0.4, 0.5) is 0 Å². The van der Waals surface area contributed by atoms with Gasteiger partial charge in [-0.25, -0.2) is 0 Å². The minimum Gasteiger partial charge on any atom is -0.497 e. The molecule has 0 fully saturated rings. The Balaban J connectivity index is 1.69. The zero-order valence-corrected chi connectivity index (χ0v) is 14.9. The molecule has 3 aromatic rings. The number of nitrogens with zero attached hydrogens (tertiary/aromatic N) is 2. The average Bonchev–Trinajstić information content (AvgIpc) is 3.16. The molecule has 3 rings (SSSR count). The van der Waals surface area contributed by atoms with Crippen molar-refractivity contribution >= 4 is 6.08 Å². The average molecular weight is 352 g/mol. The van der Waals surface area contributed by atoms with Crippen molar-refractivity contribution in [3.63, 3.8) is 0 Å². The van der Waals surface area contributed by atoms with Gasteiger partial charge in [0.2, 0.25) is 5.89 Å². The van der Waals surface area contributed by atoms with E-state index in [9.17, 15) is 0 Å². The van der Waals surface area contributed by atoms with Crippen molar-refractivity contribution in [2.75, 3.05) is 14.2 Å². The Morgan fingerprint density at radius 1 is 0.962 bits per heavy atom. The predicted octanol–water partition coefficient (Wildman–Crippen LogP) is 4.37. The van der Waals surface area contributed by atoms with Crippen molar-refractivity contribution in [3.05, 3.63) is 60.0 Å². The van der Waals surface area contributed by atoms with E-state index in [0.29, 0.717) is 23.3 Å². The van der Waals surface area contributed by atoms with Crippen LogP contribution in [0.1, 0.15) is 18.4 Å². The standard InChI is InChI=1S/C20H20N2O4/c1-4-5-14-6-11-17(18(12-14)24-3)25-13-19-21-22-20(26-19)15-7-9-16(23-2)10-8-15/h4-12H,13H2,1-3H3/b5-4+. The van der Waals surface area contributed by atoms with E-state index in [-0.39, 0.29) is 6.61 Å². The molecule has 0 amide bonds. The van der Waals surface area contributed by atoms with E-state index >= 15 is 0 Å². The summed E-state index contributed by atoms with van der Waals surface area (Å²) in [6.45, 7) is 2.12. The molecule has 1 heterocycles. The van der Waals surface area contributed by atoms with E-state index in [1.54, 1.807) is 14.2 Å². The molecule has 0 atom stereocenters. The summed E-state index contributed by atoms with van der Waals surface area (Å²) in [6.07, 6.45) is 3.96. The third-order valence-electron chi connectivity index (χ3n) is 3.70. The molecule has 0 spiro atoms. The molecule has 6 nitrogen and oxygen atoms in total. The first-order valence-corrected chi connectivity index (χ1v) is 8.14. The van der Waals surface area contributed by atoms with Gasteiger partial charge in [0, 0.05) is 5.56 Å². The minimum absolute atomic E-state index is 0.155. The molecule has 0 unspecified atom stereocenters. The molecule has 0 saturated carbocycles. The highest BCUT2D eigenvalue weighted by atomic mass is 16.5. The number of rotatable bonds is 7. The molecule has 0 N–H and O–H groups in total. The smallest absolute Gasteiger partial charge is 0.254 e. The highest BCUT2D eigenvalue weighted by molar-refractivity contribution is 5.56. The first kappa shape index (κ1) is 17.5. The normalized spacial score (nSPS) is 10.9. The van der Waals surface area contributed by atoms with Gasteiger partial charge >= 0.3 is 0 Å². The maximum Gasteiger partial charge on any atom is 0.254 e. The number of aromatic nitrogens is 2. The number of ether oxygens (including phenoxy) is 3. The first-order chi connectivity index (χ1) is 12.7. The molecule has 0 radical (unpaired) electrons. The topological polar surface area (TPSA) is 66.6 Å². The van der Waals surface area contributed by atoms with Gasteiger partial charge in [-0.2, -0.15) is 0 Å². The van der Waals surface area contributed by atoms with E-state index in [1.165, 1.54) is 0 Å². The number of methoxy groups -OCH3 is 2. The van der Waals surface area contributed by atoms with Crippen molar-refractivity contribution in [3.8, 4) is 28.7 Å². The lowest BCUT2D eigenvalue weighted by molar-refractivity contribution is 0.251. The van der Waals surface area contributed by atoms with Crippen LogP contribution in [0.2, 0.25) is 0 Å². The van der Waals surface area contributed by atoms with Gasteiger partial charge in [-0.1, -0.05) is 18.2 Å². The van der Waals surface area contributed by atoms with E-state index in [4.69, 9.17) is 18.6 Å².